The number of hydrogen-bond donors (Lipinski definition) is 1. The Balaban J connectivity index is 1.94. The summed E-state index contributed by atoms with van der Waals surface area (Å²) in [4.78, 5) is 0. The van der Waals surface area contributed by atoms with Crippen LogP contribution in [0.25, 0.3) is 0 Å². The molecule has 0 aliphatic carbocycles. The minimum Gasteiger partial charge on any atom is -0.469 e. The molecule has 0 spiro atoms. The van der Waals surface area contributed by atoms with E-state index in [2.05, 4.69) is 25.2 Å². The van der Waals surface area contributed by atoms with E-state index in [0.717, 1.165) is 23.7 Å². The van der Waals surface area contributed by atoms with Crippen LogP contribution in [-0.4, -0.2) is 6.04 Å². The van der Waals surface area contributed by atoms with Crippen LogP contribution >= 0.6 is 0 Å². The number of nitrogens with one attached hydrogen (secondary N) is 1. The van der Waals surface area contributed by atoms with Gasteiger partial charge in [0.2, 0.25) is 0 Å². The third-order valence-electron chi connectivity index (χ3n) is 3.17. The van der Waals surface area contributed by atoms with Gasteiger partial charge in [-0.15, -0.1) is 0 Å². The van der Waals surface area contributed by atoms with Crippen molar-refractivity contribution in [1.29, 1.82) is 0 Å². The van der Waals surface area contributed by atoms with E-state index in [-0.39, 0.29) is 6.04 Å². The van der Waals surface area contributed by atoms with E-state index in [1.807, 2.05) is 26.0 Å². The summed E-state index contributed by atoms with van der Waals surface area (Å²) in [5, 5.41) is 3.57. The zero-order valence-corrected chi connectivity index (χ0v) is 11.5. The van der Waals surface area contributed by atoms with Crippen molar-refractivity contribution in [3.05, 3.63) is 47.3 Å². The Bertz CT molecular complexity index is 485. The molecule has 0 radical (unpaired) electrons. The third kappa shape index (κ3) is 3.05. The van der Waals surface area contributed by atoms with E-state index in [1.54, 1.807) is 6.26 Å². The van der Waals surface area contributed by atoms with E-state index in [4.69, 9.17) is 8.83 Å². The highest BCUT2D eigenvalue weighted by atomic mass is 16.3. The molecule has 2 rings (SSSR count). The molecule has 0 aliphatic rings. The lowest BCUT2D eigenvalue weighted by molar-refractivity contribution is 0.424. The van der Waals surface area contributed by atoms with Crippen molar-refractivity contribution in [2.24, 2.45) is 0 Å². The summed E-state index contributed by atoms with van der Waals surface area (Å²) in [7, 11) is 0. The molecule has 2 aromatic rings. The van der Waals surface area contributed by atoms with Crippen LogP contribution in [0.3, 0.4) is 0 Å². The molecule has 18 heavy (non-hydrogen) atoms. The Morgan fingerprint density at radius 3 is 2.61 bits per heavy atom. The van der Waals surface area contributed by atoms with Crippen molar-refractivity contribution in [2.75, 3.05) is 0 Å². The molecule has 0 aliphatic heterocycles. The molecule has 2 aromatic heterocycles. The van der Waals surface area contributed by atoms with Gasteiger partial charge in [0.05, 0.1) is 6.26 Å². The van der Waals surface area contributed by atoms with Crippen LogP contribution in [0.5, 0.6) is 0 Å². The molecule has 0 bridgehead atoms. The van der Waals surface area contributed by atoms with Crippen LogP contribution in [0.15, 0.2) is 33.3 Å². The van der Waals surface area contributed by atoms with Crippen LogP contribution < -0.4 is 5.32 Å². The Hall–Kier alpha value is -1.48. The highest BCUT2D eigenvalue weighted by Crippen LogP contribution is 2.21. The molecule has 98 valence electrons. The quantitative estimate of drug-likeness (QED) is 0.874. The molecule has 2 unspecified atom stereocenters. The topological polar surface area (TPSA) is 38.3 Å². The summed E-state index contributed by atoms with van der Waals surface area (Å²) in [5.41, 5.74) is 1.23. The van der Waals surface area contributed by atoms with Gasteiger partial charge in [-0.05, 0) is 45.9 Å². The largest absolute Gasteiger partial charge is 0.469 e. The zero-order valence-electron chi connectivity index (χ0n) is 11.5. The summed E-state index contributed by atoms with van der Waals surface area (Å²) in [6.45, 7) is 8.32. The number of aryl methyl sites for hydroxylation is 2. The highest BCUT2D eigenvalue weighted by molar-refractivity contribution is 5.23. The van der Waals surface area contributed by atoms with Crippen LogP contribution in [-0.2, 0) is 6.42 Å². The van der Waals surface area contributed by atoms with Gasteiger partial charge in [0, 0.05) is 24.1 Å². The molecule has 0 saturated carbocycles. The summed E-state index contributed by atoms with van der Waals surface area (Å²) in [5.74, 6) is 2.98. The van der Waals surface area contributed by atoms with Crippen LogP contribution in [0, 0.1) is 13.8 Å². The lowest BCUT2D eigenvalue weighted by atomic mass is 10.1. The monoisotopic (exact) mass is 247 g/mol. The summed E-state index contributed by atoms with van der Waals surface area (Å²) >= 11 is 0. The normalized spacial score (nSPS) is 14.7. The van der Waals surface area contributed by atoms with E-state index < -0.39 is 0 Å². The van der Waals surface area contributed by atoms with Crippen molar-refractivity contribution in [3.63, 3.8) is 0 Å². The summed E-state index contributed by atoms with van der Waals surface area (Å²) in [6.07, 6.45) is 2.61. The number of furan rings is 2. The van der Waals surface area contributed by atoms with Crippen molar-refractivity contribution < 1.29 is 8.83 Å². The van der Waals surface area contributed by atoms with E-state index in [9.17, 15) is 0 Å². The van der Waals surface area contributed by atoms with Gasteiger partial charge in [-0.2, -0.15) is 0 Å². The van der Waals surface area contributed by atoms with Gasteiger partial charge in [-0.3, -0.25) is 0 Å². The zero-order chi connectivity index (χ0) is 13.1. The van der Waals surface area contributed by atoms with Gasteiger partial charge in [-0.1, -0.05) is 0 Å². The second-order valence-electron chi connectivity index (χ2n) is 4.94. The van der Waals surface area contributed by atoms with E-state index >= 15 is 0 Å². The van der Waals surface area contributed by atoms with Crippen molar-refractivity contribution in [1.82, 2.24) is 5.32 Å². The summed E-state index contributed by atoms with van der Waals surface area (Å²) in [6, 6.07) is 6.69. The molecule has 2 heterocycles. The van der Waals surface area contributed by atoms with E-state index in [1.165, 1.54) is 5.56 Å². The Labute approximate surface area is 108 Å². The molecule has 0 aromatic carbocycles. The van der Waals surface area contributed by atoms with Gasteiger partial charge in [0.1, 0.15) is 17.3 Å². The summed E-state index contributed by atoms with van der Waals surface area (Å²) < 4.78 is 10.9. The first kappa shape index (κ1) is 13.0. The molecule has 0 amide bonds. The second-order valence-corrected chi connectivity index (χ2v) is 4.94. The first-order valence-electron chi connectivity index (χ1n) is 6.41. The lowest BCUT2D eigenvalue weighted by Gasteiger charge is -2.18. The maximum atomic E-state index is 5.56. The first-order chi connectivity index (χ1) is 8.56. The number of rotatable bonds is 5. The minimum absolute atomic E-state index is 0.285. The van der Waals surface area contributed by atoms with E-state index in [0.29, 0.717) is 6.04 Å². The molecule has 3 heteroatoms. The van der Waals surface area contributed by atoms with Crippen molar-refractivity contribution in [3.8, 4) is 0 Å². The molecule has 0 saturated heterocycles. The smallest absolute Gasteiger partial charge is 0.105 e. The van der Waals surface area contributed by atoms with Gasteiger partial charge in [0.25, 0.3) is 0 Å². The third-order valence-corrected chi connectivity index (χ3v) is 3.17. The molecule has 1 N–H and O–H groups in total. The fourth-order valence-electron chi connectivity index (χ4n) is 2.39. The Morgan fingerprint density at radius 2 is 2.06 bits per heavy atom. The predicted molar refractivity (Wildman–Crippen MR) is 71.6 cm³/mol. The average molecular weight is 247 g/mol. The molecular formula is C15H21NO2. The maximum Gasteiger partial charge on any atom is 0.105 e. The fraction of sp³-hybridized carbons (Fsp3) is 0.467. The molecule has 0 fully saturated rings. The number of hydrogen-bond acceptors (Lipinski definition) is 3. The average Bonchev–Trinajstić information content (AvgIpc) is 2.88. The van der Waals surface area contributed by atoms with Gasteiger partial charge < -0.3 is 14.2 Å². The van der Waals surface area contributed by atoms with Gasteiger partial charge in [0.15, 0.2) is 0 Å². The molecule has 2 atom stereocenters. The highest BCUT2D eigenvalue weighted by Gasteiger charge is 2.15. The SMILES string of the molecule is Cc1cc(C(C)NC(C)Cc2ccco2)c(C)o1. The lowest BCUT2D eigenvalue weighted by Crippen LogP contribution is -2.30. The van der Waals surface area contributed by atoms with Gasteiger partial charge in [-0.25, -0.2) is 0 Å². The molecular weight excluding hydrogens is 226 g/mol. The van der Waals surface area contributed by atoms with Crippen LogP contribution in [0.1, 0.15) is 42.7 Å². The fourth-order valence-corrected chi connectivity index (χ4v) is 2.39. The Kier molecular flexibility index (Phi) is 3.92. The first-order valence-corrected chi connectivity index (χ1v) is 6.41. The van der Waals surface area contributed by atoms with Crippen molar-refractivity contribution >= 4 is 0 Å². The van der Waals surface area contributed by atoms with Crippen LogP contribution in [0.4, 0.5) is 0 Å². The van der Waals surface area contributed by atoms with Crippen molar-refractivity contribution in [2.45, 2.75) is 46.2 Å². The van der Waals surface area contributed by atoms with Gasteiger partial charge >= 0.3 is 0 Å². The standard InChI is InChI=1S/C15H21NO2/c1-10(8-14-6-5-7-17-14)16-12(3)15-9-11(2)18-13(15)4/h5-7,9-10,12,16H,8H2,1-4H3. The van der Waals surface area contributed by atoms with Crippen LogP contribution in [0.2, 0.25) is 0 Å². The molecule has 3 nitrogen and oxygen atoms in total. The predicted octanol–water partition coefficient (Wildman–Crippen LogP) is 3.77. The minimum atomic E-state index is 0.285. The Morgan fingerprint density at radius 1 is 1.28 bits per heavy atom. The second kappa shape index (κ2) is 5.44. The maximum absolute atomic E-state index is 5.56.